The van der Waals surface area contributed by atoms with Gasteiger partial charge in [0.1, 0.15) is 4.88 Å². The van der Waals surface area contributed by atoms with Gasteiger partial charge in [-0.2, -0.15) is 0 Å². The number of hydrogen-bond donors (Lipinski definition) is 1. The van der Waals surface area contributed by atoms with E-state index >= 15 is 0 Å². The molecule has 1 N–H and O–H groups in total. The molecule has 0 radical (unpaired) electrons. The van der Waals surface area contributed by atoms with E-state index in [2.05, 4.69) is 14.9 Å². The lowest BCUT2D eigenvalue weighted by Crippen LogP contribution is -2.12. The maximum Gasteiger partial charge on any atom is 0.269 e. The molecule has 1 heterocycles. The first-order valence-electron chi connectivity index (χ1n) is 6.35. The summed E-state index contributed by atoms with van der Waals surface area (Å²) in [5.74, 6) is -0.209. The average molecular weight is 289 g/mol. The Morgan fingerprint density at radius 1 is 1.25 bits per heavy atom. The maximum atomic E-state index is 12.1. The number of benzene rings is 1. The SMILES string of the molecule is CCCc1nnsc1C(=O)Nc1ccc(C(C)=O)cc1. The highest BCUT2D eigenvalue weighted by Crippen LogP contribution is 2.16. The van der Waals surface area contributed by atoms with E-state index in [0.717, 1.165) is 30.1 Å². The molecule has 0 bridgehead atoms. The monoisotopic (exact) mass is 289 g/mol. The van der Waals surface area contributed by atoms with Crippen LogP contribution in [0.5, 0.6) is 0 Å². The summed E-state index contributed by atoms with van der Waals surface area (Å²) < 4.78 is 3.83. The standard InChI is InChI=1S/C14H15N3O2S/c1-3-4-12-13(20-17-16-12)14(19)15-11-7-5-10(6-8-11)9(2)18/h5-8H,3-4H2,1-2H3,(H,15,19). The van der Waals surface area contributed by atoms with E-state index in [1.54, 1.807) is 24.3 Å². The highest BCUT2D eigenvalue weighted by atomic mass is 32.1. The number of amides is 1. The molecule has 1 aromatic carbocycles. The summed E-state index contributed by atoms with van der Waals surface area (Å²) >= 11 is 1.10. The minimum absolute atomic E-state index is 0.000217. The van der Waals surface area contributed by atoms with Crippen molar-refractivity contribution in [3.05, 3.63) is 40.4 Å². The van der Waals surface area contributed by atoms with E-state index < -0.39 is 0 Å². The molecule has 6 heteroatoms. The van der Waals surface area contributed by atoms with Crippen LogP contribution in [0.15, 0.2) is 24.3 Å². The number of carbonyl (C=O) groups is 2. The third-order valence-electron chi connectivity index (χ3n) is 2.80. The summed E-state index contributed by atoms with van der Waals surface area (Å²) in [4.78, 5) is 23.9. The van der Waals surface area contributed by atoms with Crippen LogP contribution in [0.1, 0.15) is 46.0 Å². The smallest absolute Gasteiger partial charge is 0.269 e. The van der Waals surface area contributed by atoms with Crippen LogP contribution in [0.2, 0.25) is 0 Å². The molecule has 2 aromatic rings. The van der Waals surface area contributed by atoms with Crippen molar-refractivity contribution in [2.45, 2.75) is 26.7 Å². The average Bonchev–Trinajstić information content (AvgIpc) is 2.88. The van der Waals surface area contributed by atoms with Crippen molar-refractivity contribution in [3.63, 3.8) is 0 Å². The Morgan fingerprint density at radius 2 is 1.95 bits per heavy atom. The number of aryl methyl sites for hydroxylation is 1. The first kappa shape index (κ1) is 14.3. The molecule has 0 spiro atoms. The van der Waals surface area contributed by atoms with E-state index in [4.69, 9.17) is 0 Å². The van der Waals surface area contributed by atoms with Crippen molar-refractivity contribution in [1.29, 1.82) is 0 Å². The van der Waals surface area contributed by atoms with E-state index in [0.29, 0.717) is 16.1 Å². The van der Waals surface area contributed by atoms with E-state index in [9.17, 15) is 9.59 Å². The zero-order valence-corrected chi connectivity index (χ0v) is 12.2. The van der Waals surface area contributed by atoms with Gasteiger partial charge < -0.3 is 5.32 Å². The molecule has 0 saturated heterocycles. The van der Waals surface area contributed by atoms with Gasteiger partial charge in [0.2, 0.25) is 0 Å². The van der Waals surface area contributed by atoms with Crippen molar-refractivity contribution in [2.24, 2.45) is 0 Å². The van der Waals surface area contributed by atoms with E-state index in [-0.39, 0.29) is 11.7 Å². The van der Waals surface area contributed by atoms with Gasteiger partial charge in [-0.15, -0.1) is 5.10 Å². The Morgan fingerprint density at radius 3 is 2.55 bits per heavy atom. The second-order valence-electron chi connectivity index (χ2n) is 4.39. The number of rotatable bonds is 5. The van der Waals surface area contributed by atoms with Gasteiger partial charge in [0.15, 0.2) is 5.78 Å². The highest BCUT2D eigenvalue weighted by Gasteiger charge is 2.15. The molecular formula is C14H15N3O2S. The summed E-state index contributed by atoms with van der Waals surface area (Å²) in [5.41, 5.74) is 2.00. The lowest BCUT2D eigenvalue weighted by atomic mass is 10.1. The molecule has 0 aliphatic rings. The van der Waals surface area contributed by atoms with Gasteiger partial charge in [0, 0.05) is 11.3 Å². The number of Topliss-reactive ketones (excluding diaryl/α,β-unsaturated/α-hetero) is 1. The first-order chi connectivity index (χ1) is 9.61. The summed E-state index contributed by atoms with van der Waals surface area (Å²) in [6.45, 7) is 3.54. The van der Waals surface area contributed by atoms with Crippen LogP contribution in [-0.4, -0.2) is 21.3 Å². The Bertz CT molecular complexity index is 620. The lowest BCUT2D eigenvalue weighted by molar-refractivity contribution is 0.101. The first-order valence-corrected chi connectivity index (χ1v) is 7.12. The summed E-state index contributed by atoms with van der Waals surface area (Å²) in [5, 5.41) is 6.76. The molecule has 2 rings (SSSR count). The predicted molar refractivity (Wildman–Crippen MR) is 78.3 cm³/mol. The summed E-state index contributed by atoms with van der Waals surface area (Å²) in [7, 11) is 0. The molecule has 5 nitrogen and oxygen atoms in total. The number of nitrogens with zero attached hydrogens (tertiary/aromatic N) is 2. The number of anilines is 1. The molecule has 0 fully saturated rings. The molecule has 0 aliphatic heterocycles. The second kappa shape index (κ2) is 6.38. The maximum absolute atomic E-state index is 12.1. The topological polar surface area (TPSA) is 72.0 Å². The van der Waals surface area contributed by atoms with E-state index in [1.807, 2.05) is 6.92 Å². The molecule has 0 unspecified atom stereocenters. The van der Waals surface area contributed by atoms with Crippen LogP contribution < -0.4 is 5.32 Å². The third-order valence-corrected chi connectivity index (χ3v) is 3.56. The van der Waals surface area contributed by atoms with Gasteiger partial charge in [-0.3, -0.25) is 9.59 Å². The second-order valence-corrected chi connectivity index (χ2v) is 5.14. The fourth-order valence-corrected chi connectivity index (χ4v) is 2.36. The normalized spacial score (nSPS) is 10.3. The predicted octanol–water partition coefficient (Wildman–Crippen LogP) is 2.95. The van der Waals surface area contributed by atoms with Gasteiger partial charge in [0.25, 0.3) is 5.91 Å². The number of ketones is 1. The fraction of sp³-hybridized carbons (Fsp3) is 0.286. The molecule has 1 aromatic heterocycles. The molecular weight excluding hydrogens is 274 g/mol. The molecule has 104 valence electrons. The van der Waals surface area contributed by atoms with Gasteiger partial charge >= 0.3 is 0 Å². The van der Waals surface area contributed by atoms with Crippen molar-refractivity contribution >= 4 is 28.9 Å². The lowest BCUT2D eigenvalue weighted by Gasteiger charge is -2.05. The molecule has 0 atom stereocenters. The van der Waals surface area contributed by atoms with Gasteiger partial charge in [0.05, 0.1) is 5.69 Å². The minimum atomic E-state index is -0.209. The fourth-order valence-electron chi connectivity index (χ4n) is 1.76. The van der Waals surface area contributed by atoms with Crippen LogP contribution in [0.25, 0.3) is 0 Å². The van der Waals surface area contributed by atoms with Gasteiger partial charge in [-0.1, -0.05) is 17.8 Å². The highest BCUT2D eigenvalue weighted by molar-refractivity contribution is 7.08. The Kier molecular flexibility index (Phi) is 4.57. The quantitative estimate of drug-likeness (QED) is 0.859. The van der Waals surface area contributed by atoms with Crippen LogP contribution >= 0.6 is 11.5 Å². The van der Waals surface area contributed by atoms with Crippen LogP contribution in [0.3, 0.4) is 0 Å². The molecule has 1 amide bonds. The van der Waals surface area contributed by atoms with Crippen molar-refractivity contribution in [1.82, 2.24) is 9.59 Å². The van der Waals surface area contributed by atoms with E-state index in [1.165, 1.54) is 6.92 Å². The zero-order chi connectivity index (χ0) is 14.5. The van der Waals surface area contributed by atoms with Crippen molar-refractivity contribution in [3.8, 4) is 0 Å². The van der Waals surface area contributed by atoms with Crippen molar-refractivity contribution < 1.29 is 9.59 Å². The summed E-state index contributed by atoms with van der Waals surface area (Å²) in [6.07, 6.45) is 1.65. The third kappa shape index (κ3) is 3.27. The molecule has 20 heavy (non-hydrogen) atoms. The number of hydrogen-bond acceptors (Lipinski definition) is 5. The van der Waals surface area contributed by atoms with Gasteiger partial charge in [-0.25, -0.2) is 0 Å². The Balaban J connectivity index is 2.11. The molecule has 0 aliphatic carbocycles. The van der Waals surface area contributed by atoms with Gasteiger partial charge in [-0.05, 0) is 49.1 Å². The Hall–Kier alpha value is -2.08. The molecule has 0 saturated carbocycles. The number of aromatic nitrogens is 2. The summed E-state index contributed by atoms with van der Waals surface area (Å²) in [6, 6.07) is 6.80. The van der Waals surface area contributed by atoms with Crippen LogP contribution in [0, 0.1) is 0 Å². The number of carbonyl (C=O) groups excluding carboxylic acids is 2. The van der Waals surface area contributed by atoms with Crippen LogP contribution in [-0.2, 0) is 6.42 Å². The zero-order valence-electron chi connectivity index (χ0n) is 11.3. The van der Waals surface area contributed by atoms with Crippen LogP contribution in [0.4, 0.5) is 5.69 Å². The largest absolute Gasteiger partial charge is 0.321 e. The Labute approximate surface area is 121 Å². The van der Waals surface area contributed by atoms with Crippen molar-refractivity contribution in [2.75, 3.05) is 5.32 Å². The number of nitrogens with one attached hydrogen (secondary N) is 1. The minimum Gasteiger partial charge on any atom is -0.321 e.